The van der Waals surface area contributed by atoms with Gasteiger partial charge in [-0.05, 0) is 44.7 Å². The number of H-pyrrole nitrogens is 1. The van der Waals surface area contributed by atoms with Crippen molar-refractivity contribution < 1.29 is 32.8 Å². The monoisotopic (exact) mass is 565 g/mol. The number of halogens is 2. The van der Waals surface area contributed by atoms with Crippen LogP contribution < -0.4 is 20.9 Å². The third kappa shape index (κ3) is 7.00. The molecule has 1 aromatic heterocycles. The van der Waals surface area contributed by atoms with Crippen LogP contribution in [0.4, 0.5) is 4.39 Å². The van der Waals surface area contributed by atoms with Crippen molar-refractivity contribution in [2.24, 2.45) is 0 Å². The van der Waals surface area contributed by atoms with Gasteiger partial charge >= 0.3 is 18.3 Å². The number of para-hydroxylation sites is 1. The minimum Gasteiger partial charge on any atom is -0.462 e. The smallest absolute Gasteiger partial charge is 0.330 e. The number of esters is 1. The summed E-state index contributed by atoms with van der Waals surface area (Å²) in [5, 5.41) is 12.2. The zero-order valence-corrected chi connectivity index (χ0v) is 22.0. The lowest BCUT2D eigenvalue weighted by Gasteiger charge is -2.28. The molecule has 1 fully saturated rings. The topological polar surface area (TPSA) is 141 Å². The lowest BCUT2D eigenvalue weighted by atomic mass is 10.2. The van der Waals surface area contributed by atoms with Crippen molar-refractivity contribution in [3.8, 4) is 5.75 Å². The number of carbonyl (C=O) groups is 1. The first kappa shape index (κ1) is 28.5. The van der Waals surface area contributed by atoms with Gasteiger partial charge in [0.15, 0.2) is 6.23 Å². The minimum atomic E-state index is -3.44. The number of rotatable bonds is 10. The van der Waals surface area contributed by atoms with Crippen molar-refractivity contribution in [3.63, 3.8) is 0 Å². The fraction of sp³-hybridized carbons (Fsp3) is 0.476. The molecule has 0 amide bonds. The average Bonchev–Trinajstić information content (AvgIpc) is 3.08. The number of benzene rings is 1. The Morgan fingerprint density at radius 1 is 1.33 bits per heavy atom. The highest BCUT2D eigenvalue weighted by Gasteiger charge is 2.45. The Hall–Kier alpha value is -2.12. The molecular weight excluding hydrogens is 540 g/mol. The van der Waals surface area contributed by atoms with Gasteiger partial charge in [0.05, 0.1) is 18.9 Å². The van der Waals surface area contributed by atoms with E-state index in [1.54, 1.807) is 49.2 Å². The second-order valence-corrected chi connectivity index (χ2v) is 11.8. The van der Waals surface area contributed by atoms with E-state index in [0.717, 1.165) is 4.57 Å². The lowest BCUT2D eigenvalue weighted by molar-refractivity contribution is -0.149. The summed E-state index contributed by atoms with van der Waals surface area (Å²) in [7, 11) is 0. The molecule has 0 aliphatic carbocycles. The van der Waals surface area contributed by atoms with E-state index in [0.29, 0.717) is 11.9 Å². The molecule has 15 heteroatoms. The number of nitrogens with zero attached hydrogens (tertiary/aromatic N) is 1. The molecule has 0 saturated carbocycles. The maximum Gasteiger partial charge on any atom is 0.330 e. The maximum absolute atomic E-state index is 13.7. The van der Waals surface area contributed by atoms with E-state index >= 15 is 0 Å². The lowest BCUT2D eigenvalue weighted by Crippen LogP contribution is -2.37. The molecule has 2 unspecified atom stereocenters. The largest absolute Gasteiger partial charge is 0.462 e. The summed E-state index contributed by atoms with van der Waals surface area (Å²) in [6, 6.07) is 7.61. The third-order valence-electron chi connectivity index (χ3n) is 4.93. The summed E-state index contributed by atoms with van der Waals surface area (Å²) < 4.78 is 37.1. The van der Waals surface area contributed by atoms with Crippen LogP contribution in [0.3, 0.4) is 0 Å². The highest BCUT2D eigenvalue weighted by atomic mass is 35.5. The predicted molar refractivity (Wildman–Crippen MR) is 132 cm³/mol. The number of aromatic nitrogens is 2. The molecule has 198 valence electrons. The van der Waals surface area contributed by atoms with Crippen molar-refractivity contribution in [1.29, 1.82) is 0 Å². The van der Waals surface area contributed by atoms with Gasteiger partial charge < -0.3 is 23.6 Å². The van der Waals surface area contributed by atoms with E-state index in [9.17, 15) is 23.9 Å². The molecule has 1 aliphatic rings. The molecular formula is C21H26ClFN3O8PS. The highest BCUT2D eigenvalue weighted by Crippen LogP contribution is 2.46. The van der Waals surface area contributed by atoms with Gasteiger partial charge in [0.1, 0.15) is 29.4 Å². The van der Waals surface area contributed by atoms with Gasteiger partial charge in [-0.15, -0.1) is 11.6 Å². The Labute approximate surface area is 215 Å². The first-order valence-electron chi connectivity index (χ1n) is 10.9. The number of aromatic amines is 1. The molecule has 2 heterocycles. The fourth-order valence-electron chi connectivity index (χ4n) is 3.22. The van der Waals surface area contributed by atoms with Crippen molar-refractivity contribution in [2.45, 2.75) is 56.7 Å². The molecule has 6 atom stereocenters. The number of ether oxygens (including phenoxy) is 2. The number of hydrogen-bond acceptors (Lipinski definition) is 9. The van der Waals surface area contributed by atoms with Crippen LogP contribution in [0.25, 0.3) is 0 Å². The van der Waals surface area contributed by atoms with Gasteiger partial charge in [-0.1, -0.05) is 18.2 Å². The summed E-state index contributed by atoms with van der Waals surface area (Å²) in [4.78, 5) is 37.6. The van der Waals surface area contributed by atoms with E-state index in [1.807, 2.05) is 0 Å². The predicted octanol–water partition coefficient (Wildman–Crippen LogP) is 1.79. The highest BCUT2D eigenvalue weighted by molar-refractivity contribution is 8.09. The summed E-state index contributed by atoms with van der Waals surface area (Å²) >= 11 is 11.9. The molecule has 3 N–H and O–H groups in total. The van der Waals surface area contributed by atoms with Crippen molar-refractivity contribution >= 4 is 36.0 Å². The first-order valence-corrected chi connectivity index (χ1v) is 13.9. The molecule has 1 aliphatic heterocycles. The van der Waals surface area contributed by atoms with Crippen molar-refractivity contribution in [3.05, 3.63) is 63.2 Å². The van der Waals surface area contributed by atoms with E-state index in [2.05, 4.69) is 5.09 Å². The van der Waals surface area contributed by atoms with Crippen LogP contribution in [-0.2, 0) is 30.6 Å². The van der Waals surface area contributed by atoms with Gasteiger partial charge in [-0.25, -0.2) is 9.88 Å². The van der Waals surface area contributed by atoms with E-state index in [1.165, 1.54) is 6.92 Å². The van der Waals surface area contributed by atoms with Crippen LogP contribution in [0.1, 0.15) is 27.0 Å². The van der Waals surface area contributed by atoms with E-state index in [-0.39, 0.29) is 12.7 Å². The Morgan fingerprint density at radius 2 is 2.00 bits per heavy atom. The molecule has 36 heavy (non-hydrogen) atoms. The first-order chi connectivity index (χ1) is 16.9. The Kier molecular flexibility index (Phi) is 9.44. The molecule has 1 saturated heterocycles. The van der Waals surface area contributed by atoms with E-state index < -0.39 is 59.5 Å². The normalized spacial score (nSPS) is 24.3. The Bertz CT molecular complexity index is 1230. The number of nitrogens with one attached hydrogen (secondary N) is 2. The zero-order chi connectivity index (χ0) is 26.6. The average molecular weight is 566 g/mol. The summed E-state index contributed by atoms with van der Waals surface area (Å²) in [5.74, 6) is -1.43. The molecule has 11 nitrogen and oxygen atoms in total. The summed E-state index contributed by atoms with van der Waals surface area (Å²) in [5.41, 5.74) is -2.17. The van der Waals surface area contributed by atoms with E-state index in [4.69, 9.17) is 41.9 Å². The second-order valence-electron chi connectivity index (χ2n) is 8.18. The van der Waals surface area contributed by atoms with Crippen LogP contribution in [0.5, 0.6) is 5.75 Å². The van der Waals surface area contributed by atoms with Crippen LogP contribution in [0.2, 0.25) is 0 Å². The SMILES string of the molecule is CC(C)OC(=O)C(C)NP(=S)(OC[C@H]1O[C@@H](n2cc(F)c(=O)[nH]c2=O)[C@@H](Cl)[C@@H]1O)Oc1ccccc1. The molecule has 0 bridgehead atoms. The number of alkyl halides is 1. The summed E-state index contributed by atoms with van der Waals surface area (Å²) in [6.07, 6.45) is -3.49. The van der Waals surface area contributed by atoms with Crippen LogP contribution in [-0.4, -0.2) is 57.0 Å². The van der Waals surface area contributed by atoms with Gasteiger partial charge in [0.25, 0.3) is 5.56 Å². The van der Waals surface area contributed by atoms with Crippen LogP contribution in [0, 0.1) is 5.82 Å². The van der Waals surface area contributed by atoms with Gasteiger partial charge in [-0.3, -0.25) is 19.1 Å². The quantitative estimate of drug-likeness (QED) is 0.222. The number of aliphatic hydroxyl groups excluding tert-OH is 1. The minimum absolute atomic E-state index is 0.351. The Morgan fingerprint density at radius 3 is 2.64 bits per heavy atom. The van der Waals surface area contributed by atoms with Gasteiger partial charge in [0, 0.05) is 0 Å². The zero-order valence-electron chi connectivity index (χ0n) is 19.5. The Balaban J connectivity index is 1.77. The molecule has 1 aromatic carbocycles. The standard InChI is InChI=1S/C21H26ClFN3O8PS/c1-11(2)32-20(29)12(3)25-35(36,34-13-7-5-4-6-8-13)31-10-15-17(27)16(22)19(33-15)26-9-14(23)18(28)24-21(26)30/h4-9,11-12,15-17,19,27H,10H2,1-3H3,(H,25,36)(H,24,28,30)/t12?,15-,16+,17-,19-,35?/m1/s1. The summed E-state index contributed by atoms with van der Waals surface area (Å²) in [6.45, 7) is 1.15. The third-order valence-corrected chi connectivity index (χ3v) is 7.90. The van der Waals surface area contributed by atoms with Crippen LogP contribution in [0.15, 0.2) is 46.1 Å². The second kappa shape index (κ2) is 12.0. The molecule has 0 radical (unpaired) electrons. The fourth-order valence-corrected chi connectivity index (χ4v) is 5.98. The number of aliphatic hydroxyl groups is 1. The van der Waals surface area contributed by atoms with Crippen LogP contribution >= 0.6 is 18.2 Å². The number of hydrogen-bond donors (Lipinski definition) is 3. The van der Waals surface area contributed by atoms with Crippen molar-refractivity contribution in [1.82, 2.24) is 14.6 Å². The molecule has 0 spiro atoms. The van der Waals surface area contributed by atoms with Gasteiger partial charge in [0.2, 0.25) is 5.82 Å². The maximum atomic E-state index is 13.7. The number of carbonyl (C=O) groups excluding carboxylic acids is 1. The van der Waals surface area contributed by atoms with Gasteiger partial charge in [-0.2, -0.15) is 4.39 Å². The molecule has 3 rings (SSSR count). The molecule has 2 aromatic rings. The van der Waals surface area contributed by atoms with Crippen molar-refractivity contribution in [2.75, 3.05) is 6.61 Å².